The van der Waals surface area contributed by atoms with Crippen molar-refractivity contribution in [3.05, 3.63) is 77.6 Å². The number of piperidine rings is 1. The van der Waals surface area contributed by atoms with E-state index in [2.05, 4.69) is 0 Å². The Hall–Kier alpha value is -2.64. The van der Waals surface area contributed by atoms with Crippen LogP contribution < -0.4 is 0 Å². The summed E-state index contributed by atoms with van der Waals surface area (Å²) in [7, 11) is -3.79. The van der Waals surface area contributed by atoms with Crippen LogP contribution >= 0.6 is 0 Å². The first-order valence-corrected chi connectivity index (χ1v) is 12.0. The lowest BCUT2D eigenvalue weighted by Crippen LogP contribution is -2.52. The van der Waals surface area contributed by atoms with Crippen LogP contribution in [0.1, 0.15) is 36.8 Å². The van der Waals surface area contributed by atoms with Gasteiger partial charge in [0.05, 0.1) is 11.5 Å². The maximum Gasteiger partial charge on any atom is 0.373 e. The van der Waals surface area contributed by atoms with E-state index in [1.807, 2.05) is 37.3 Å². The largest absolute Gasteiger partial charge is 0.466 e. The number of esters is 1. The second kappa shape index (κ2) is 8.85. The number of rotatable bonds is 5. The third-order valence-electron chi connectivity index (χ3n) is 5.89. The molecule has 0 saturated carbocycles. The Morgan fingerprint density at radius 1 is 1.13 bits per heavy atom. The van der Waals surface area contributed by atoms with Gasteiger partial charge in [-0.2, -0.15) is 4.31 Å². The smallest absolute Gasteiger partial charge is 0.373 e. The van der Waals surface area contributed by atoms with Crippen molar-refractivity contribution in [3.63, 3.8) is 0 Å². The number of sulfonamides is 1. The van der Waals surface area contributed by atoms with Gasteiger partial charge in [0.2, 0.25) is 15.8 Å². The summed E-state index contributed by atoms with van der Waals surface area (Å²) < 4.78 is 39.6. The summed E-state index contributed by atoms with van der Waals surface area (Å²) in [5.74, 6) is -0.743. The normalized spacial score (nSPS) is 23.9. The standard InChI is InChI=1S/C24H27NO5S/c1-3-29-24(26)22-16-21(18-8-5-4-6-9-18)20-10-7-15-25(23(20)30-22)31(27,28)19-13-11-17(2)12-14-19/h4-6,8-9,11-14,16,20-21,23H,3,7,10,15H2,1-2H3/t20-,21+,23+/m0/s1. The highest BCUT2D eigenvalue weighted by atomic mass is 32.2. The number of hydrogen-bond donors (Lipinski definition) is 0. The Labute approximate surface area is 183 Å². The van der Waals surface area contributed by atoms with Gasteiger partial charge in [0.15, 0.2) is 6.23 Å². The van der Waals surface area contributed by atoms with E-state index in [9.17, 15) is 13.2 Å². The number of fused-ring (bicyclic) bond motifs is 1. The quantitative estimate of drug-likeness (QED) is 0.656. The molecule has 7 heteroatoms. The zero-order chi connectivity index (χ0) is 22.0. The molecule has 0 spiro atoms. The first kappa shape index (κ1) is 21.6. The van der Waals surface area contributed by atoms with E-state index in [0.29, 0.717) is 6.54 Å². The molecule has 0 aromatic heterocycles. The molecule has 2 aliphatic heterocycles. The van der Waals surface area contributed by atoms with Gasteiger partial charge in [0.1, 0.15) is 0 Å². The van der Waals surface area contributed by atoms with Crippen LogP contribution in [0.25, 0.3) is 0 Å². The van der Waals surface area contributed by atoms with E-state index >= 15 is 0 Å². The number of hydrogen-bond acceptors (Lipinski definition) is 5. The molecule has 2 aromatic rings. The predicted molar refractivity (Wildman–Crippen MR) is 117 cm³/mol. The van der Waals surface area contributed by atoms with Crippen molar-refractivity contribution in [2.45, 2.75) is 43.7 Å². The number of carbonyl (C=O) groups is 1. The number of benzene rings is 2. The molecule has 0 unspecified atom stereocenters. The van der Waals surface area contributed by atoms with E-state index in [1.54, 1.807) is 37.3 Å². The summed E-state index contributed by atoms with van der Waals surface area (Å²) in [5, 5.41) is 0. The maximum absolute atomic E-state index is 13.5. The monoisotopic (exact) mass is 441 g/mol. The molecule has 0 bridgehead atoms. The third-order valence-corrected chi connectivity index (χ3v) is 7.77. The number of ether oxygens (including phenoxy) is 2. The lowest BCUT2D eigenvalue weighted by atomic mass is 9.78. The van der Waals surface area contributed by atoms with E-state index in [1.165, 1.54) is 4.31 Å². The van der Waals surface area contributed by atoms with Gasteiger partial charge in [-0.25, -0.2) is 13.2 Å². The second-order valence-corrected chi connectivity index (χ2v) is 9.82. The highest BCUT2D eigenvalue weighted by Gasteiger charge is 2.47. The van der Waals surface area contributed by atoms with Gasteiger partial charge in [-0.15, -0.1) is 0 Å². The lowest BCUT2D eigenvalue weighted by Gasteiger charge is -2.45. The fourth-order valence-electron chi connectivity index (χ4n) is 4.37. The van der Waals surface area contributed by atoms with E-state index in [4.69, 9.17) is 9.47 Å². The minimum Gasteiger partial charge on any atom is -0.466 e. The molecule has 6 nitrogen and oxygen atoms in total. The molecule has 3 atom stereocenters. The van der Waals surface area contributed by atoms with E-state index in [-0.39, 0.29) is 29.1 Å². The van der Waals surface area contributed by atoms with Crippen molar-refractivity contribution in [1.82, 2.24) is 4.31 Å². The summed E-state index contributed by atoms with van der Waals surface area (Å²) in [6, 6.07) is 16.6. The molecule has 0 radical (unpaired) electrons. The third kappa shape index (κ3) is 4.25. The summed E-state index contributed by atoms with van der Waals surface area (Å²) in [6.45, 7) is 4.20. The Bertz CT molecular complexity index is 1060. The van der Waals surface area contributed by atoms with Gasteiger partial charge in [0.25, 0.3) is 0 Å². The van der Waals surface area contributed by atoms with Crippen molar-refractivity contribution < 1.29 is 22.7 Å². The Morgan fingerprint density at radius 2 is 1.84 bits per heavy atom. The van der Waals surface area contributed by atoms with Crippen LogP contribution in [-0.2, 0) is 24.3 Å². The van der Waals surface area contributed by atoms with E-state index < -0.39 is 22.2 Å². The number of carbonyl (C=O) groups excluding carboxylic acids is 1. The minimum absolute atomic E-state index is 0.0722. The van der Waals surface area contributed by atoms with E-state index in [0.717, 1.165) is 24.0 Å². The SMILES string of the molecule is CCOC(=O)C1=C[C@H](c2ccccc2)[C@@H]2CCCN(S(=O)(=O)c3ccc(C)cc3)[C@@H]2O1. The van der Waals surface area contributed by atoms with Gasteiger partial charge in [-0.3, -0.25) is 0 Å². The summed E-state index contributed by atoms with van der Waals surface area (Å²) in [4.78, 5) is 12.8. The molecule has 2 aromatic carbocycles. The zero-order valence-electron chi connectivity index (χ0n) is 17.7. The number of aryl methyl sites for hydroxylation is 1. The molecule has 0 amide bonds. The molecule has 164 valence electrons. The minimum atomic E-state index is -3.79. The van der Waals surface area contributed by atoms with Crippen molar-refractivity contribution >= 4 is 16.0 Å². The topological polar surface area (TPSA) is 72.9 Å². The number of nitrogens with zero attached hydrogens (tertiary/aromatic N) is 1. The van der Waals surface area contributed by atoms with Crippen LogP contribution in [-0.4, -0.2) is 38.1 Å². The average Bonchev–Trinajstić information content (AvgIpc) is 2.79. The highest BCUT2D eigenvalue weighted by Crippen LogP contribution is 2.44. The van der Waals surface area contributed by atoms with Crippen LogP contribution in [0.2, 0.25) is 0 Å². The van der Waals surface area contributed by atoms with Crippen LogP contribution in [0.15, 0.2) is 71.3 Å². The van der Waals surface area contributed by atoms with Crippen LogP contribution in [0.4, 0.5) is 0 Å². The van der Waals surface area contributed by atoms with Crippen LogP contribution in [0.3, 0.4) is 0 Å². The molecule has 4 rings (SSSR count). The molecule has 1 saturated heterocycles. The van der Waals surface area contributed by atoms with Gasteiger partial charge in [-0.1, -0.05) is 48.0 Å². The fraction of sp³-hybridized carbons (Fsp3) is 0.375. The maximum atomic E-state index is 13.5. The Balaban J connectivity index is 1.75. The molecule has 0 N–H and O–H groups in total. The Morgan fingerprint density at radius 3 is 2.52 bits per heavy atom. The first-order valence-electron chi connectivity index (χ1n) is 10.6. The molecule has 31 heavy (non-hydrogen) atoms. The van der Waals surface area contributed by atoms with Gasteiger partial charge >= 0.3 is 5.97 Å². The van der Waals surface area contributed by atoms with Crippen molar-refractivity contribution in [3.8, 4) is 0 Å². The van der Waals surface area contributed by atoms with Crippen molar-refractivity contribution in [1.29, 1.82) is 0 Å². The summed E-state index contributed by atoms with van der Waals surface area (Å²) in [6.07, 6.45) is 2.55. The van der Waals surface area contributed by atoms with Gasteiger partial charge < -0.3 is 9.47 Å². The molecule has 2 aliphatic rings. The van der Waals surface area contributed by atoms with Crippen LogP contribution in [0.5, 0.6) is 0 Å². The second-order valence-electron chi connectivity index (χ2n) is 7.93. The lowest BCUT2D eigenvalue weighted by molar-refractivity contribution is -0.149. The summed E-state index contributed by atoms with van der Waals surface area (Å²) >= 11 is 0. The molecule has 0 aliphatic carbocycles. The summed E-state index contributed by atoms with van der Waals surface area (Å²) in [5.41, 5.74) is 2.01. The zero-order valence-corrected chi connectivity index (χ0v) is 18.5. The predicted octanol–water partition coefficient (Wildman–Crippen LogP) is 3.98. The van der Waals surface area contributed by atoms with Gasteiger partial charge in [-0.05, 0) is 50.5 Å². The molecule has 1 fully saturated rings. The van der Waals surface area contributed by atoms with Gasteiger partial charge in [0, 0.05) is 18.4 Å². The molecular weight excluding hydrogens is 414 g/mol. The highest BCUT2D eigenvalue weighted by molar-refractivity contribution is 7.89. The Kier molecular flexibility index (Phi) is 6.16. The number of allylic oxidation sites excluding steroid dienone is 1. The molecular formula is C24H27NO5S. The molecule has 2 heterocycles. The first-order chi connectivity index (χ1) is 14.9. The fourth-order valence-corrected chi connectivity index (χ4v) is 5.96. The average molecular weight is 442 g/mol. The van der Waals surface area contributed by atoms with Crippen molar-refractivity contribution in [2.75, 3.05) is 13.2 Å². The van der Waals surface area contributed by atoms with Crippen LogP contribution in [0, 0.1) is 12.8 Å². The van der Waals surface area contributed by atoms with Crippen molar-refractivity contribution in [2.24, 2.45) is 5.92 Å².